The van der Waals surface area contributed by atoms with Crippen molar-refractivity contribution in [3.63, 3.8) is 0 Å². The van der Waals surface area contributed by atoms with Gasteiger partial charge in [0.05, 0.1) is 5.52 Å². The molecule has 1 amide bonds. The van der Waals surface area contributed by atoms with Gasteiger partial charge in [-0.2, -0.15) is 0 Å². The van der Waals surface area contributed by atoms with Crippen LogP contribution in [-0.4, -0.2) is 10.9 Å². The first-order valence-electron chi connectivity index (χ1n) is 5.96. The van der Waals surface area contributed by atoms with E-state index >= 15 is 0 Å². The van der Waals surface area contributed by atoms with Crippen LogP contribution in [0.25, 0.3) is 10.9 Å². The number of rotatable bonds is 1. The zero-order chi connectivity index (χ0) is 11.8. The Hall–Kier alpha value is -1.90. The van der Waals surface area contributed by atoms with Crippen molar-refractivity contribution < 1.29 is 4.79 Å². The molecule has 0 saturated carbocycles. The molecule has 1 aromatic carbocycles. The number of carbonyl (C=O) groups is 1. The predicted molar refractivity (Wildman–Crippen MR) is 66.9 cm³/mol. The van der Waals surface area contributed by atoms with Gasteiger partial charge in [-0.15, -0.1) is 0 Å². The highest BCUT2D eigenvalue weighted by atomic mass is 16.1. The predicted octanol–water partition coefficient (Wildman–Crippen LogP) is 2.21. The van der Waals surface area contributed by atoms with Crippen LogP contribution in [0.4, 0.5) is 0 Å². The second-order valence-corrected chi connectivity index (χ2v) is 4.57. The van der Waals surface area contributed by atoms with E-state index in [0.29, 0.717) is 5.56 Å². The maximum absolute atomic E-state index is 11.1. The number of fused-ring (bicyclic) bond motifs is 2. The van der Waals surface area contributed by atoms with Crippen molar-refractivity contribution >= 4 is 16.8 Å². The molecule has 1 heterocycles. The van der Waals surface area contributed by atoms with Crippen molar-refractivity contribution in [1.82, 2.24) is 4.98 Å². The van der Waals surface area contributed by atoms with Gasteiger partial charge in [-0.3, -0.25) is 9.78 Å². The van der Waals surface area contributed by atoms with E-state index < -0.39 is 0 Å². The van der Waals surface area contributed by atoms with Crippen LogP contribution in [0.1, 0.15) is 34.5 Å². The molecule has 2 aromatic rings. The third-order valence-corrected chi connectivity index (χ3v) is 3.38. The van der Waals surface area contributed by atoms with E-state index in [9.17, 15) is 4.79 Å². The van der Waals surface area contributed by atoms with Gasteiger partial charge in [-0.05, 0) is 55.5 Å². The summed E-state index contributed by atoms with van der Waals surface area (Å²) in [5, 5.41) is 1.02. The van der Waals surface area contributed by atoms with E-state index in [1.807, 2.05) is 12.1 Å². The molecule has 1 aliphatic carbocycles. The number of carbonyl (C=O) groups excluding carboxylic acids is 1. The van der Waals surface area contributed by atoms with Crippen molar-refractivity contribution in [2.75, 3.05) is 0 Å². The number of hydrogen-bond acceptors (Lipinski definition) is 2. The molecule has 0 atom stereocenters. The van der Waals surface area contributed by atoms with Crippen LogP contribution >= 0.6 is 0 Å². The van der Waals surface area contributed by atoms with Crippen LogP contribution in [0.15, 0.2) is 24.3 Å². The minimum absolute atomic E-state index is 0.385. The topological polar surface area (TPSA) is 56.0 Å². The number of pyridine rings is 1. The molecule has 1 aliphatic rings. The standard InChI is InChI=1S/C14H14N2O/c15-14(17)10-5-6-13-11(8-10)7-9-3-1-2-4-12(9)16-13/h5-8H,1-4H2,(H2,15,17). The van der Waals surface area contributed by atoms with Gasteiger partial charge in [0.25, 0.3) is 0 Å². The Balaban J connectivity index is 2.20. The van der Waals surface area contributed by atoms with Crippen molar-refractivity contribution in [3.8, 4) is 0 Å². The van der Waals surface area contributed by atoms with Crippen LogP contribution in [0.2, 0.25) is 0 Å². The Morgan fingerprint density at radius 2 is 2.00 bits per heavy atom. The number of amides is 1. The largest absolute Gasteiger partial charge is 0.366 e. The normalized spacial score (nSPS) is 14.6. The van der Waals surface area contributed by atoms with E-state index in [-0.39, 0.29) is 5.91 Å². The molecule has 3 nitrogen and oxygen atoms in total. The van der Waals surface area contributed by atoms with E-state index in [2.05, 4.69) is 11.1 Å². The second-order valence-electron chi connectivity index (χ2n) is 4.57. The van der Waals surface area contributed by atoms with Crippen LogP contribution < -0.4 is 5.73 Å². The fourth-order valence-corrected chi connectivity index (χ4v) is 2.45. The van der Waals surface area contributed by atoms with Crippen molar-refractivity contribution in [2.24, 2.45) is 5.73 Å². The Labute approximate surface area is 99.7 Å². The van der Waals surface area contributed by atoms with Gasteiger partial charge in [0.15, 0.2) is 0 Å². The molecule has 0 radical (unpaired) electrons. The lowest BCUT2D eigenvalue weighted by molar-refractivity contribution is 0.100. The molecular weight excluding hydrogens is 212 g/mol. The number of primary amides is 1. The fourth-order valence-electron chi connectivity index (χ4n) is 2.45. The Morgan fingerprint density at radius 3 is 2.82 bits per heavy atom. The zero-order valence-electron chi connectivity index (χ0n) is 9.57. The lowest BCUT2D eigenvalue weighted by atomic mass is 9.94. The minimum Gasteiger partial charge on any atom is -0.366 e. The number of hydrogen-bond donors (Lipinski definition) is 1. The summed E-state index contributed by atoms with van der Waals surface area (Å²) in [6.45, 7) is 0. The first-order valence-corrected chi connectivity index (χ1v) is 5.96. The highest BCUT2D eigenvalue weighted by Gasteiger charge is 2.12. The number of nitrogens with zero attached hydrogens (tertiary/aromatic N) is 1. The van der Waals surface area contributed by atoms with E-state index in [1.54, 1.807) is 6.07 Å². The summed E-state index contributed by atoms with van der Waals surface area (Å²) in [6.07, 6.45) is 4.63. The molecule has 3 rings (SSSR count). The number of aryl methyl sites for hydroxylation is 2. The van der Waals surface area contributed by atoms with Gasteiger partial charge in [0.1, 0.15) is 0 Å². The van der Waals surface area contributed by atoms with E-state index in [4.69, 9.17) is 5.73 Å². The average Bonchev–Trinajstić information content (AvgIpc) is 2.35. The van der Waals surface area contributed by atoms with Gasteiger partial charge in [-0.1, -0.05) is 0 Å². The second kappa shape index (κ2) is 3.84. The molecule has 0 unspecified atom stereocenters. The number of aromatic nitrogens is 1. The smallest absolute Gasteiger partial charge is 0.248 e. The minimum atomic E-state index is -0.385. The highest BCUT2D eigenvalue weighted by molar-refractivity contribution is 5.97. The third kappa shape index (κ3) is 1.78. The molecule has 3 heteroatoms. The van der Waals surface area contributed by atoms with Gasteiger partial charge in [0.2, 0.25) is 5.91 Å². The summed E-state index contributed by atoms with van der Waals surface area (Å²) in [6, 6.07) is 7.61. The lowest BCUT2D eigenvalue weighted by Gasteiger charge is -2.15. The fraction of sp³-hybridized carbons (Fsp3) is 0.286. The summed E-state index contributed by atoms with van der Waals surface area (Å²) in [4.78, 5) is 15.8. The molecule has 17 heavy (non-hydrogen) atoms. The van der Waals surface area contributed by atoms with Crippen molar-refractivity contribution in [1.29, 1.82) is 0 Å². The molecule has 0 fully saturated rings. The van der Waals surface area contributed by atoms with Crippen LogP contribution in [-0.2, 0) is 12.8 Å². The van der Waals surface area contributed by atoms with Gasteiger partial charge in [0, 0.05) is 16.6 Å². The van der Waals surface area contributed by atoms with Crippen molar-refractivity contribution in [3.05, 3.63) is 41.1 Å². The van der Waals surface area contributed by atoms with Crippen LogP contribution in [0.5, 0.6) is 0 Å². The number of nitrogens with two attached hydrogens (primary N) is 1. The quantitative estimate of drug-likeness (QED) is 0.810. The first-order chi connectivity index (χ1) is 8.24. The molecular formula is C14H14N2O. The highest BCUT2D eigenvalue weighted by Crippen LogP contribution is 2.24. The monoisotopic (exact) mass is 226 g/mol. The van der Waals surface area contributed by atoms with Gasteiger partial charge >= 0.3 is 0 Å². The average molecular weight is 226 g/mol. The van der Waals surface area contributed by atoms with Crippen molar-refractivity contribution in [2.45, 2.75) is 25.7 Å². The zero-order valence-corrected chi connectivity index (χ0v) is 9.57. The number of benzene rings is 1. The molecule has 0 saturated heterocycles. The molecule has 0 spiro atoms. The van der Waals surface area contributed by atoms with Crippen LogP contribution in [0, 0.1) is 0 Å². The SMILES string of the molecule is NC(=O)c1ccc2nc3c(cc2c1)CCCC3. The Bertz CT molecular complexity index is 604. The molecule has 86 valence electrons. The first kappa shape index (κ1) is 10.3. The van der Waals surface area contributed by atoms with Gasteiger partial charge < -0.3 is 5.73 Å². The Kier molecular flexibility index (Phi) is 2.32. The summed E-state index contributed by atoms with van der Waals surface area (Å²) < 4.78 is 0. The van der Waals surface area contributed by atoms with E-state index in [1.165, 1.54) is 24.1 Å². The third-order valence-electron chi connectivity index (χ3n) is 3.38. The maximum Gasteiger partial charge on any atom is 0.248 e. The summed E-state index contributed by atoms with van der Waals surface area (Å²) in [7, 11) is 0. The molecule has 0 bridgehead atoms. The molecule has 0 aliphatic heterocycles. The summed E-state index contributed by atoms with van der Waals surface area (Å²) >= 11 is 0. The summed E-state index contributed by atoms with van der Waals surface area (Å²) in [5.41, 5.74) is 9.33. The lowest BCUT2D eigenvalue weighted by Crippen LogP contribution is -2.11. The maximum atomic E-state index is 11.1. The van der Waals surface area contributed by atoms with E-state index in [0.717, 1.165) is 23.7 Å². The van der Waals surface area contributed by atoms with Crippen LogP contribution in [0.3, 0.4) is 0 Å². The molecule has 1 aromatic heterocycles. The van der Waals surface area contributed by atoms with Gasteiger partial charge in [-0.25, -0.2) is 0 Å². The summed E-state index contributed by atoms with van der Waals surface area (Å²) in [5.74, 6) is -0.385. The molecule has 2 N–H and O–H groups in total. The Morgan fingerprint density at radius 1 is 1.18 bits per heavy atom.